The molecule has 4 aromatic rings. The van der Waals surface area contributed by atoms with E-state index in [1.807, 2.05) is 37.3 Å². The van der Waals surface area contributed by atoms with E-state index in [2.05, 4.69) is 10.0 Å². The van der Waals surface area contributed by atoms with E-state index in [0.29, 0.717) is 16.4 Å². The average Bonchev–Trinajstić information content (AvgIpc) is 2.77. The Bertz CT molecular complexity index is 1400. The highest BCUT2D eigenvalue weighted by Crippen LogP contribution is 2.23. The number of carbonyl (C=O) groups is 1. The van der Waals surface area contributed by atoms with Gasteiger partial charge >= 0.3 is 0 Å². The SMILES string of the molecule is Cc1ccc(Cl)cc1NC(=O)Cc1ccc(NS(=O)(=O)c2ccc3ccccc3c2)cc1. The molecule has 4 rings (SSSR count). The molecule has 0 aliphatic carbocycles. The van der Waals surface area contributed by atoms with Gasteiger partial charge in [-0.15, -0.1) is 0 Å². The predicted molar refractivity (Wildman–Crippen MR) is 130 cm³/mol. The monoisotopic (exact) mass is 464 g/mol. The third-order valence-corrected chi connectivity index (χ3v) is 6.69. The number of hydrogen-bond acceptors (Lipinski definition) is 3. The number of amides is 1. The molecule has 0 fully saturated rings. The van der Waals surface area contributed by atoms with Crippen molar-refractivity contribution in [3.8, 4) is 0 Å². The van der Waals surface area contributed by atoms with Gasteiger partial charge in [0.2, 0.25) is 5.91 Å². The van der Waals surface area contributed by atoms with Crippen LogP contribution in [0.2, 0.25) is 5.02 Å². The molecule has 0 aliphatic rings. The van der Waals surface area contributed by atoms with Crippen molar-refractivity contribution in [2.24, 2.45) is 0 Å². The maximum absolute atomic E-state index is 12.8. The second kappa shape index (κ2) is 9.02. The summed E-state index contributed by atoms with van der Waals surface area (Å²) in [6.07, 6.45) is 0.156. The van der Waals surface area contributed by atoms with Gasteiger partial charge in [-0.2, -0.15) is 0 Å². The van der Waals surface area contributed by atoms with E-state index in [9.17, 15) is 13.2 Å². The van der Waals surface area contributed by atoms with Crippen LogP contribution >= 0.6 is 11.6 Å². The molecule has 0 aromatic heterocycles. The molecule has 0 spiro atoms. The number of hydrogen-bond donors (Lipinski definition) is 2. The highest BCUT2D eigenvalue weighted by molar-refractivity contribution is 7.92. The van der Waals surface area contributed by atoms with Gasteiger partial charge in [0.1, 0.15) is 0 Å². The molecule has 0 unspecified atom stereocenters. The van der Waals surface area contributed by atoms with Crippen LogP contribution < -0.4 is 10.0 Å². The summed E-state index contributed by atoms with van der Waals surface area (Å²) >= 11 is 6.00. The molecule has 32 heavy (non-hydrogen) atoms. The topological polar surface area (TPSA) is 75.3 Å². The van der Waals surface area contributed by atoms with Crippen LogP contribution in [0.4, 0.5) is 11.4 Å². The fourth-order valence-corrected chi connectivity index (χ4v) is 4.61. The van der Waals surface area contributed by atoms with E-state index in [4.69, 9.17) is 11.6 Å². The first-order valence-corrected chi connectivity index (χ1v) is 11.8. The number of nitrogens with one attached hydrogen (secondary N) is 2. The lowest BCUT2D eigenvalue weighted by Gasteiger charge is -2.11. The molecule has 162 valence electrons. The molecular weight excluding hydrogens is 444 g/mol. The van der Waals surface area contributed by atoms with Crippen molar-refractivity contribution in [3.63, 3.8) is 0 Å². The summed E-state index contributed by atoms with van der Waals surface area (Å²) in [5.41, 5.74) is 2.77. The van der Waals surface area contributed by atoms with Crippen molar-refractivity contribution in [2.75, 3.05) is 10.0 Å². The highest BCUT2D eigenvalue weighted by Gasteiger charge is 2.15. The van der Waals surface area contributed by atoms with Crippen LogP contribution in [0, 0.1) is 6.92 Å². The maximum atomic E-state index is 12.8. The highest BCUT2D eigenvalue weighted by atomic mass is 35.5. The standard InChI is InChI=1S/C25H21ClN2O3S/c1-17-6-10-21(26)16-24(17)27-25(29)14-18-7-11-22(12-8-18)28-32(30,31)23-13-9-19-4-2-3-5-20(19)15-23/h2-13,15-16,28H,14H2,1H3,(H,27,29). The molecule has 1 amide bonds. The second-order valence-electron chi connectivity index (χ2n) is 7.50. The summed E-state index contributed by atoms with van der Waals surface area (Å²) in [7, 11) is -3.73. The summed E-state index contributed by atoms with van der Waals surface area (Å²) < 4.78 is 28.2. The van der Waals surface area contributed by atoms with Crippen LogP contribution in [-0.4, -0.2) is 14.3 Å². The third kappa shape index (κ3) is 5.10. The maximum Gasteiger partial charge on any atom is 0.261 e. The number of benzene rings is 4. The number of anilines is 2. The zero-order valence-corrected chi connectivity index (χ0v) is 18.9. The minimum Gasteiger partial charge on any atom is -0.326 e. The molecule has 2 N–H and O–H groups in total. The molecule has 0 atom stereocenters. The van der Waals surface area contributed by atoms with E-state index in [0.717, 1.165) is 21.9 Å². The van der Waals surface area contributed by atoms with E-state index in [1.165, 1.54) is 0 Å². The van der Waals surface area contributed by atoms with Crippen molar-refractivity contribution in [1.82, 2.24) is 0 Å². The van der Waals surface area contributed by atoms with Crippen LogP contribution in [0.3, 0.4) is 0 Å². The summed E-state index contributed by atoms with van der Waals surface area (Å²) in [6.45, 7) is 1.89. The Balaban J connectivity index is 1.43. The fraction of sp³-hybridized carbons (Fsp3) is 0.0800. The van der Waals surface area contributed by atoms with Crippen molar-refractivity contribution < 1.29 is 13.2 Å². The predicted octanol–water partition coefficient (Wildman–Crippen LogP) is 5.78. The summed E-state index contributed by atoms with van der Waals surface area (Å²) in [5, 5.41) is 5.23. The number of rotatable bonds is 6. The van der Waals surface area contributed by atoms with Gasteiger partial charge in [-0.3, -0.25) is 9.52 Å². The smallest absolute Gasteiger partial charge is 0.261 e. The number of halogens is 1. The minimum atomic E-state index is -3.73. The number of aryl methyl sites for hydroxylation is 1. The van der Waals surface area contributed by atoms with Crippen molar-refractivity contribution in [3.05, 3.63) is 101 Å². The van der Waals surface area contributed by atoms with Crippen molar-refractivity contribution in [1.29, 1.82) is 0 Å². The lowest BCUT2D eigenvalue weighted by Crippen LogP contribution is -2.15. The normalized spacial score (nSPS) is 11.3. The molecule has 0 saturated carbocycles. The molecule has 0 heterocycles. The van der Waals surface area contributed by atoms with Gasteiger partial charge in [-0.05, 0) is 65.2 Å². The van der Waals surface area contributed by atoms with Gasteiger partial charge in [0.05, 0.1) is 11.3 Å². The second-order valence-corrected chi connectivity index (χ2v) is 9.61. The number of sulfonamides is 1. The van der Waals surface area contributed by atoms with Crippen LogP contribution in [0.5, 0.6) is 0 Å². The molecule has 4 aromatic carbocycles. The fourth-order valence-electron chi connectivity index (χ4n) is 3.35. The quantitative estimate of drug-likeness (QED) is 0.379. The van der Waals surface area contributed by atoms with E-state index >= 15 is 0 Å². The molecule has 0 radical (unpaired) electrons. The molecule has 5 nitrogen and oxygen atoms in total. The van der Waals surface area contributed by atoms with Gasteiger partial charge in [-0.1, -0.05) is 60.1 Å². The molecule has 0 aliphatic heterocycles. The lowest BCUT2D eigenvalue weighted by molar-refractivity contribution is -0.115. The number of fused-ring (bicyclic) bond motifs is 1. The first-order chi connectivity index (χ1) is 15.3. The van der Waals surface area contributed by atoms with Gasteiger partial charge < -0.3 is 5.32 Å². The molecule has 0 bridgehead atoms. The van der Waals surface area contributed by atoms with Crippen LogP contribution in [-0.2, 0) is 21.2 Å². The summed E-state index contributed by atoms with van der Waals surface area (Å²) in [5.74, 6) is -0.181. The van der Waals surface area contributed by atoms with Crippen LogP contribution in [0.25, 0.3) is 10.8 Å². The van der Waals surface area contributed by atoms with Crippen LogP contribution in [0.1, 0.15) is 11.1 Å². The summed E-state index contributed by atoms with van der Waals surface area (Å²) in [4.78, 5) is 12.6. The Labute approximate surface area is 192 Å². The first-order valence-electron chi connectivity index (χ1n) is 9.97. The Morgan fingerprint density at radius 1 is 0.875 bits per heavy atom. The zero-order valence-electron chi connectivity index (χ0n) is 17.3. The minimum absolute atomic E-state index is 0.156. The Morgan fingerprint density at radius 2 is 1.59 bits per heavy atom. The third-order valence-electron chi connectivity index (χ3n) is 5.08. The Morgan fingerprint density at radius 3 is 2.34 bits per heavy atom. The van der Waals surface area contributed by atoms with Gasteiger partial charge in [0.25, 0.3) is 10.0 Å². The Kier molecular flexibility index (Phi) is 6.17. The summed E-state index contributed by atoms with van der Waals surface area (Å²) in [6, 6.07) is 24.7. The van der Waals surface area contributed by atoms with Gasteiger partial charge in [-0.25, -0.2) is 8.42 Å². The van der Waals surface area contributed by atoms with E-state index in [1.54, 1.807) is 54.6 Å². The largest absolute Gasteiger partial charge is 0.326 e. The van der Waals surface area contributed by atoms with Crippen molar-refractivity contribution >= 4 is 49.7 Å². The molecule has 0 saturated heterocycles. The molecule has 7 heteroatoms. The van der Waals surface area contributed by atoms with Crippen molar-refractivity contribution in [2.45, 2.75) is 18.2 Å². The Hall–Kier alpha value is -3.35. The first kappa shape index (κ1) is 21.9. The lowest BCUT2D eigenvalue weighted by atomic mass is 10.1. The van der Waals surface area contributed by atoms with Gasteiger partial charge in [0.15, 0.2) is 0 Å². The van der Waals surface area contributed by atoms with E-state index < -0.39 is 10.0 Å². The average molecular weight is 465 g/mol. The van der Waals surface area contributed by atoms with E-state index in [-0.39, 0.29) is 17.2 Å². The zero-order chi connectivity index (χ0) is 22.7. The number of carbonyl (C=O) groups excluding carboxylic acids is 1. The van der Waals surface area contributed by atoms with Gasteiger partial charge in [0, 0.05) is 16.4 Å². The molecular formula is C25H21ClN2O3S. The van der Waals surface area contributed by atoms with Crippen LogP contribution in [0.15, 0.2) is 89.8 Å².